The average Bonchev–Trinajstić information content (AvgIpc) is 3.26. The highest BCUT2D eigenvalue weighted by molar-refractivity contribution is 7.89. The zero-order valence-corrected chi connectivity index (χ0v) is 23.3. The summed E-state index contributed by atoms with van der Waals surface area (Å²) in [7, 11) is -7.74. The number of nitrogens with one attached hydrogen (secondary N) is 1. The van der Waals surface area contributed by atoms with Crippen molar-refractivity contribution in [3.8, 4) is 10.8 Å². The highest BCUT2D eigenvalue weighted by Gasteiger charge is 2.46. The van der Waals surface area contributed by atoms with Crippen LogP contribution in [0.5, 0.6) is 0 Å². The molecule has 39 heavy (non-hydrogen) atoms. The third-order valence-electron chi connectivity index (χ3n) is 6.76. The minimum Gasteiger partial charge on any atom is -0.367 e. The second-order valence-corrected chi connectivity index (χ2v) is 15.0. The second-order valence-electron chi connectivity index (χ2n) is 9.81. The maximum absolute atomic E-state index is 13.5. The van der Waals surface area contributed by atoms with Crippen LogP contribution in [0, 0.1) is 0 Å². The number of sulfonamides is 2. The van der Waals surface area contributed by atoms with Gasteiger partial charge in [0.05, 0.1) is 28.2 Å². The molecule has 1 saturated carbocycles. The molecular formula is C21H25F4N7O4S3. The summed E-state index contributed by atoms with van der Waals surface area (Å²) in [6.45, 7) is 3.05. The summed E-state index contributed by atoms with van der Waals surface area (Å²) in [5.74, 6) is -0.0519. The van der Waals surface area contributed by atoms with Crippen molar-refractivity contribution in [1.82, 2.24) is 28.6 Å². The van der Waals surface area contributed by atoms with Crippen LogP contribution in [0.2, 0.25) is 0 Å². The van der Waals surface area contributed by atoms with Crippen molar-refractivity contribution in [2.24, 2.45) is 0 Å². The van der Waals surface area contributed by atoms with Gasteiger partial charge in [-0.25, -0.2) is 30.9 Å². The minimum absolute atomic E-state index is 0.0519. The van der Waals surface area contributed by atoms with E-state index >= 15 is 0 Å². The third-order valence-corrected chi connectivity index (χ3v) is 11.5. The second kappa shape index (κ2) is 9.60. The first-order valence-electron chi connectivity index (χ1n) is 11.9. The van der Waals surface area contributed by atoms with Gasteiger partial charge in [0.15, 0.2) is 10.8 Å². The summed E-state index contributed by atoms with van der Waals surface area (Å²) >= 11 is 0.264. The number of anilines is 1. The van der Waals surface area contributed by atoms with Crippen molar-refractivity contribution in [2.45, 2.75) is 48.5 Å². The molecule has 0 aromatic carbocycles. The number of piperazine rings is 1. The van der Waals surface area contributed by atoms with Crippen LogP contribution in [0.4, 0.5) is 23.2 Å². The molecule has 214 valence electrons. The van der Waals surface area contributed by atoms with Gasteiger partial charge in [0, 0.05) is 32.4 Å². The Morgan fingerprint density at radius 1 is 1.10 bits per heavy atom. The summed E-state index contributed by atoms with van der Waals surface area (Å²) in [4.78, 5) is 5.75. The first-order valence-corrected chi connectivity index (χ1v) is 15.7. The van der Waals surface area contributed by atoms with Gasteiger partial charge in [-0.15, -0.1) is 10.2 Å². The molecule has 2 aliphatic rings. The fraction of sp³-hybridized carbons (Fsp3) is 0.571. The zero-order chi connectivity index (χ0) is 28.4. The highest BCUT2D eigenvalue weighted by atomic mass is 32.2. The Bertz CT molecular complexity index is 1610. The van der Waals surface area contributed by atoms with Gasteiger partial charge in [-0.2, -0.15) is 17.5 Å². The molecule has 1 N–H and O–H groups in total. The van der Waals surface area contributed by atoms with E-state index in [1.54, 1.807) is 18.7 Å². The smallest absolute Gasteiger partial charge is 0.367 e. The van der Waals surface area contributed by atoms with Crippen LogP contribution in [0.1, 0.15) is 31.7 Å². The van der Waals surface area contributed by atoms with Crippen molar-refractivity contribution < 1.29 is 34.4 Å². The van der Waals surface area contributed by atoms with Gasteiger partial charge in [0.2, 0.25) is 25.1 Å². The van der Waals surface area contributed by atoms with E-state index < -0.39 is 48.7 Å². The molecule has 5 rings (SSSR count). The van der Waals surface area contributed by atoms with E-state index in [1.807, 2.05) is 0 Å². The molecule has 2 fully saturated rings. The molecule has 0 radical (unpaired) electrons. The van der Waals surface area contributed by atoms with Crippen LogP contribution in [-0.4, -0.2) is 84.4 Å². The third kappa shape index (κ3) is 5.23. The van der Waals surface area contributed by atoms with E-state index in [9.17, 15) is 34.4 Å². The number of alkyl halides is 4. The van der Waals surface area contributed by atoms with Crippen LogP contribution in [0.15, 0.2) is 23.4 Å². The zero-order valence-electron chi connectivity index (χ0n) is 20.8. The standard InChI is InChI=1S/C21H25F4N7O4S3/c1-13(2)39(35,36)31-7-5-30(6-8-31)15-9-14(38(33,34)29-20(12-22)3-4-20)11-32-16(15)10-26-17(32)18-27-28-19(37-18)21(23,24)25/h9-11,13,29H,3-8,12H2,1-2H3. The highest BCUT2D eigenvalue weighted by Crippen LogP contribution is 2.39. The number of rotatable bonds is 8. The predicted octanol–water partition coefficient (Wildman–Crippen LogP) is 2.51. The maximum atomic E-state index is 13.5. The molecule has 0 spiro atoms. The topological polar surface area (TPSA) is 130 Å². The number of halogens is 4. The van der Waals surface area contributed by atoms with E-state index in [0.29, 0.717) is 24.0 Å². The lowest BCUT2D eigenvalue weighted by molar-refractivity contribution is -0.138. The number of nitrogens with zero attached hydrogens (tertiary/aromatic N) is 6. The Labute approximate surface area is 225 Å². The molecule has 1 saturated heterocycles. The Morgan fingerprint density at radius 2 is 1.77 bits per heavy atom. The molecule has 0 bridgehead atoms. The first kappa shape index (κ1) is 28.1. The summed E-state index contributed by atoms with van der Waals surface area (Å²) in [6, 6.07) is 1.38. The van der Waals surface area contributed by atoms with E-state index in [0.717, 1.165) is 0 Å². The monoisotopic (exact) mass is 611 g/mol. The first-order chi connectivity index (χ1) is 18.2. The average molecular weight is 612 g/mol. The lowest BCUT2D eigenvalue weighted by Crippen LogP contribution is -2.50. The fourth-order valence-electron chi connectivity index (χ4n) is 4.28. The lowest BCUT2D eigenvalue weighted by Gasteiger charge is -2.36. The molecular weight excluding hydrogens is 586 g/mol. The van der Waals surface area contributed by atoms with Gasteiger partial charge in [-0.3, -0.25) is 4.40 Å². The van der Waals surface area contributed by atoms with Crippen molar-refractivity contribution in [3.05, 3.63) is 23.5 Å². The molecule has 4 heterocycles. The molecule has 18 heteroatoms. The van der Waals surface area contributed by atoms with Gasteiger partial charge < -0.3 is 4.90 Å². The number of pyridine rings is 1. The van der Waals surface area contributed by atoms with Crippen LogP contribution >= 0.6 is 11.3 Å². The van der Waals surface area contributed by atoms with Crippen molar-refractivity contribution in [2.75, 3.05) is 37.8 Å². The van der Waals surface area contributed by atoms with E-state index in [2.05, 4.69) is 19.9 Å². The largest absolute Gasteiger partial charge is 0.445 e. The summed E-state index contributed by atoms with van der Waals surface area (Å²) in [5, 5.41) is 4.84. The number of aromatic nitrogens is 4. The molecule has 0 amide bonds. The normalized spacial score (nSPS) is 18.8. The molecule has 1 aliphatic carbocycles. The van der Waals surface area contributed by atoms with Crippen LogP contribution < -0.4 is 9.62 Å². The Hall–Kier alpha value is -2.41. The molecule has 3 aromatic heterocycles. The van der Waals surface area contributed by atoms with Crippen molar-refractivity contribution in [1.29, 1.82) is 0 Å². The molecule has 0 atom stereocenters. The maximum Gasteiger partial charge on any atom is 0.445 e. The Morgan fingerprint density at radius 3 is 2.31 bits per heavy atom. The molecule has 1 aliphatic heterocycles. The summed E-state index contributed by atoms with van der Waals surface area (Å²) in [5.41, 5.74) is -0.424. The summed E-state index contributed by atoms with van der Waals surface area (Å²) < 4.78 is 110. The van der Waals surface area contributed by atoms with E-state index in [4.69, 9.17) is 0 Å². The molecule has 0 unspecified atom stereocenters. The van der Waals surface area contributed by atoms with Gasteiger partial charge in [0.25, 0.3) is 0 Å². The fourth-order valence-corrected chi connectivity index (χ4v) is 7.71. The summed E-state index contributed by atoms with van der Waals surface area (Å²) in [6.07, 6.45) is -1.46. The van der Waals surface area contributed by atoms with Crippen molar-refractivity contribution >= 4 is 42.6 Å². The minimum atomic E-state index is -4.71. The lowest BCUT2D eigenvalue weighted by atomic mass is 10.2. The number of imidazole rings is 1. The van der Waals surface area contributed by atoms with Gasteiger partial charge in [-0.1, -0.05) is 11.3 Å². The number of hydrogen-bond donors (Lipinski definition) is 1. The predicted molar refractivity (Wildman–Crippen MR) is 135 cm³/mol. The van der Waals surface area contributed by atoms with Gasteiger partial charge in [-0.05, 0) is 32.8 Å². The van der Waals surface area contributed by atoms with E-state index in [-0.39, 0.29) is 53.2 Å². The van der Waals surface area contributed by atoms with Crippen LogP contribution in [0.25, 0.3) is 16.3 Å². The molecule has 11 nitrogen and oxygen atoms in total. The number of hydrogen-bond acceptors (Lipinski definition) is 9. The van der Waals surface area contributed by atoms with Crippen LogP contribution in [0.3, 0.4) is 0 Å². The van der Waals surface area contributed by atoms with Gasteiger partial charge in [0.1, 0.15) is 11.6 Å². The number of fused-ring (bicyclic) bond motifs is 1. The van der Waals surface area contributed by atoms with Crippen molar-refractivity contribution in [3.63, 3.8) is 0 Å². The quantitative estimate of drug-likeness (QED) is 0.385. The van der Waals surface area contributed by atoms with Gasteiger partial charge >= 0.3 is 6.18 Å². The SMILES string of the molecule is CC(C)S(=O)(=O)N1CCN(c2cc(S(=O)(=O)NC3(CF)CC3)cn3c(-c4nnc(C(F)(F)F)s4)ncc23)CC1. The molecule has 3 aromatic rings. The Balaban J connectivity index is 1.58. The van der Waals surface area contributed by atoms with E-state index in [1.165, 1.54) is 27.2 Å². The Kier molecular flexibility index (Phi) is 6.93. The van der Waals surface area contributed by atoms with Crippen LogP contribution in [-0.2, 0) is 26.2 Å².